The van der Waals surface area contributed by atoms with Gasteiger partial charge >= 0.3 is 6.18 Å². The molecule has 1 aromatic carbocycles. The summed E-state index contributed by atoms with van der Waals surface area (Å²) in [6, 6.07) is 6.12. The van der Waals surface area contributed by atoms with E-state index in [1.165, 1.54) is 12.3 Å². The van der Waals surface area contributed by atoms with Crippen molar-refractivity contribution in [1.29, 1.82) is 0 Å². The van der Waals surface area contributed by atoms with Crippen LogP contribution in [0.25, 0.3) is 11.3 Å². The smallest absolute Gasteiger partial charge is 0.416 e. The maximum Gasteiger partial charge on any atom is 0.416 e. The highest BCUT2D eigenvalue weighted by molar-refractivity contribution is 5.67. The van der Waals surface area contributed by atoms with Crippen LogP contribution in [0, 0.1) is 0 Å². The van der Waals surface area contributed by atoms with Crippen molar-refractivity contribution < 1.29 is 18.3 Å². The molecule has 0 amide bonds. The molecule has 1 heterocycles. The maximum absolute atomic E-state index is 12.5. The van der Waals surface area contributed by atoms with Crippen molar-refractivity contribution in [3.05, 3.63) is 47.7 Å². The van der Waals surface area contributed by atoms with E-state index in [9.17, 15) is 18.3 Å². The summed E-state index contributed by atoms with van der Waals surface area (Å²) < 4.78 is 37.4. The molecule has 0 saturated carbocycles. The van der Waals surface area contributed by atoms with Crippen LogP contribution in [0.4, 0.5) is 13.2 Å². The van der Waals surface area contributed by atoms with Crippen molar-refractivity contribution in [3.8, 4) is 17.0 Å². The molecule has 0 unspecified atom stereocenters. The lowest BCUT2D eigenvalue weighted by Crippen LogP contribution is -2.04. The zero-order valence-electron chi connectivity index (χ0n) is 9.78. The number of aromatic nitrogens is 1. The minimum atomic E-state index is -4.48. The number of hydrogen-bond donors (Lipinski definition) is 2. The second-order valence-electron chi connectivity index (χ2n) is 3.98. The Morgan fingerprint density at radius 2 is 1.89 bits per heavy atom. The van der Waals surface area contributed by atoms with Gasteiger partial charge in [0, 0.05) is 18.3 Å². The van der Waals surface area contributed by atoms with Crippen LogP contribution in [0.2, 0.25) is 0 Å². The summed E-state index contributed by atoms with van der Waals surface area (Å²) in [5.41, 5.74) is 5.98. The topological polar surface area (TPSA) is 59.1 Å². The molecule has 2 rings (SSSR count). The van der Waals surface area contributed by atoms with Crippen LogP contribution in [0.15, 0.2) is 36.5 Å². The number of benzene rings is 1. The third kappa shape index (κ3) is 2.85. The molecule has 3 N–H and O–H groups in total. The average Bonchev–Trinajstić information content (AvgIpc) is 2.37. The summed E-state index contributed by atoms with van der Waals surface area (Å²) in [5, 5.41) is 9.70. The van der Waals surface area contributed by atoms with Crippen LogP contribution in [0.1, 0.15) is 11.1 Å². The second kappa shape index (κ2) is 4.89. The van der Waals surface area contributed by atoms with E-state index in [0.29, 0.717) is 11.8 Å². The highest BCUT2D eigenvalue weighted by atomic mass is 19.4. The Hall–Kier alpha value is -2.08. The van der Waals surface area contributed by atoms with E-state index in [1.807, 2.05) is 0 Å². The van der Waals surface area contributed by atoms with Crippen molar-refractivity contribution in [2.75, 3.05) is 0 Å². The molecule has 1 aromatic heterocycles. The summed E-state index contributed by atoms with van der Waals surface area (Å²) in [5.74, 6) is -0.462. The lowest BCUT2D eigenvalue weighted by Gasteiger charge is -2.10. The highest BCUT2D eigenvalue weighted by Crippen LogP contribution is 2.35. The first-order chi connectivity index (χ1) is 8.91. The van der Waals surface area contributed by atoms with Crippen LogP contribution in [-0.2, 0) is 12.7 Å². The van der Waals surface area contributed by atoms with Crippen LogP contribution in [-0.4, -0.2) is 10.1 Å². The summed E-state index contributed by atoms with van der Waals surface area (Å²) >= 11 is 0. The molecule has 0 atom stereocenters. The van der Waals surface area contributed by atoms with E-state index in [4.69, 9.17) is 5.73 Å². The molecule has 19 heavy (non-hydrogen) atoms. The fraction of sp³-hybridized carbons (Fsp3) is 0.154. The first kappa shape index (κ1) is 13.4. The number of nitrogens with zero attached hydrogens (tertiary/aromatic N) is 1. The van der Waals surface area contributed by atoms with Gasteiger partial charge in [0.25, 0.3) is 0 Å². The minimum absolute atomic E-state index is 0.239. The molecule has 0 aliphatic rings. The zero-order chi connectivity index (χ0) is 14.0. The quantitative estimate of drug-likeness (QED) is 0.880. The number of phenols is 1. The van der Waals surface area contributed by atoms with Gasteiger partial charge < -0.3 is 10.8 Å². The predicted octanol–water partition coefficient (Wildman–Crippen LogP) is 2.93. The number of nitrogens with two attached hydrogens (primary N) is 1. The fourth-order valence-electron chi connectivity index (χ4n) is 1.67. The molecule has 3 nitrogen and oxygen atoms in total. The van der Waals surface area contributed by atoms with Gasteiger partial charge in [-0.05, 0) is 35.9 Å². The first-order valence-electron chi connectivity index (χ1n) is 5.47. The lowest BCUT2D eigenvalue weighted by atomic mass is 10.1. The summed E-state index contributed by atoms with van der Waals surface area (Å²) in [7, 11) is 0. The molecule has 0 saturated heterocycles. The number of phenolic OH excluding ortho intramolecular Hbond substituents is 1. The number of rotatable bonds is 2. The normalized spacial score (nSPS) is 11.6. The van der Waals surface area contributed by atoms with Gasteiger partial charge in [-0.3, -0.25) is 4.98 Å². The van der Waals surface area contributed by atoms with Crippen LogP contribution >= 0.6 is 0 Å². The Bertz CT molecular complexity index is 597. The van der Waals surface area contributed by atoms with E-state index in [2.05, 4.69) is 4.98 Å². The van der Waals surface area contributed by atoms with E-state index in [1.54, 1.807) is 12.1 Å². The third-order valence-corrected chi connectivity index (χ3v) is 2.66. The van der Waals surface area contributed by atoms with E-state index in [0.717, 1.165) is 11.6 Å². The Morgan fingerprint density at radius 1 is 1.16 bits per heavy atom. The Kier molecular flexibility index (Phi) is 3.44. The number of halogens is 3. The molecule has 6 heteroatoms. The van der Waals surface area contributed by atoms with Crippen LogP contribution in [0.5, 0.6) is 5.75 Å². The van der Waals surface area contributed by atoms with Crippen LogP contribution in [0.3, 0.4) is 0 Å². The standard InChI is InChI=1S/C13H11F3N2O/c14-13(15,16)9-1-2-10(12(19)6-9)11-5-8(7-17)3-4-18-11/h1-6,19H,7,17H2. The molecule has 0 aliphatic carbocycles. The van der Waals surface area contributed by atoms with Crippen molar-refractivity contribution >= 4 is 0 Å². The molecule has 0 aliphatic heterocycles. The minimum Gasteiger partial charge on any atom is -0.507 e. The lowest BCUT2D eigenvalue weighted by molar-refractivity contribution is -0.137. The van der Waals surface area contributed by atoms with E-state index in [-0.39, 0.29) is 12.1 Å². The van der Waals surface area contributed by atoms with Gasteiger partial charge in [0.15, 0.2) is 0 Å². The number of alkyl halides is 3. The Morgan fingerprint density at radius 3 is 2.47 bits per heavy atom. The largest absolute Gasteiger partial charge is 0.507 e. The van der Waals surface area contributed by atoms with E-state index >= 15 is 0 Å². The average molecular weight is 268 g/mol. The monoisotopic (exact) mass is 268 g/mol. The number of aromatic hydroxyl groups is 1. The van der Waals surface area contributed by atoms with Crippen molar-refractivity contribution in [1.82, 2.24) is 4.98 Å². The highest BCUT2D eigenvalue weighted by Gasteiger charge is 2.31. The molecular formula is C13H11F3N2O. The number of hydrogen-bond acceptors (Lipinski definition) is 3. The molecule has 0 fully saturated rings. The zero-order valence-corrected chi connectivity index (χ0v) is 9.78. The molecule has 0 spiro atoms. The Balaban J connectivity index is 2.46. The second-order valence-corrected chi connectivity index (χ2v) is 3.98. The summed E-state index contributed by atoms with van der Waals surface area (Å²) in [4.78, 5) is 4.01. The van der Waals surface area contributed by atoms with Gasteiger partial charge in [-0.25, -0.2) is 0 Å². The fourth-order valence-corrected chi connectivity index (χ4v) is 1.67. The molecule has 2 aromatic rings. The molecule has 0 bridgehead atoms. The third-order valence-electron chi connectivity index (χ3n) is 2.66. The van der Waals surface area contributed by atoms with Gasteiger partial charge in [0.2, 0.25) is 0 Å². The molecule has 100 valence electrons. The number of pyridine rings is 1. The van der Waals surface area contributed by atoms with Gasteiger partial charge in [-0.1, -0.05) is 0 Å². The van der Waals surface area contributed by atoms with Gasteiger partial charge in [-0.15, -0.1) is 0 Å². The van der Waals surface area contributed by atoms with E-state index < -0.39 is 17.5 Å². The predicted molar refractivity (Wildman–Crippen MR) is 64.2 cm³/mol. The first-order valence-corrected chi connectivity index (χ1v) is 5.47. The summed E-state index contributed by atoms with van der Waals surface area (Å²) in [6.07, 6.45) is -2.99. The van der Waals surface area contributed by atoms with Crippen molar-refractivity contribution in [2.24, 2.45) is 5.73 Å². The van der Waals surface area contributed by atoms with Gasteiger partial charge in [0.05, 0.1) is 11.3 Å². The van der Waals surface area contributed by atoms with Crippen LogP contribution < -0.4 is 5.73 Å². The maximum atomic E-state index is 12.5. The summed E-state index contributed by atoms with van der Waals surface area (Å²) in [6.45, 7) is 0.289. The van der Waals surface area contributed by atoms with Gasteiger partial charge in [-0.2, -0.15) is 13.2 Å². The molecular weight excluding hydrogens is 257 g/mol. The van der Waals surface area contributed by atoms with Gasteiger partial charge in [0.1, 0.15) is 5.75 Å². The Labute approximate surface area is 107 Å². The SMILES string of the molecule is NCc1ccnc(-c2ccc(C(F)(F)F)cc2O)c1. The van der Waals surface area contributed by atoms with Crippen molar-refractivity contribution in [2.45, 2.75) is 12.7 Å². The van der Waals surface area contributed by atoms with Crippen molar-refractivity contribution in [3.63, 3.8) is 0 Å². The molecule has 0 radical (unpaired) electrons.